The number of nitrogens with zero attached hydrogens (tertiary/aromatic N) is 2. The molecule has 0 atom stereocenters. The highest BCUT2D eigenvalue weighted by molar-refractivity contribution is 5.81. The van der Waals surface area contributed by atoms with Gasteiger partial charge in [-0.15, -0.1) is 0 Å². The van der Waals surface area contributed by atoms with Gasteiger partial charge < -0.3 is 14.6 Å². The summed E-state index contributed by atoms with van der Waals surface area (Å²) in [7, 11) is 1.51. The van der Waals surface area contributed by atoms with E-state index in [2.05, 4.69) is 9.72 Å². The number of hydrogen-bond donors (Lipinski definition) is 1. The van der Waals surface area contributed by atoms with Gasteiger partial charge in [0.2, 0.25) is 0 Å². The predicted octanol–water partition coefficient (Wildman–Crippen LogP) is 1.91. The van der Waals surface area contributed by atoms with Crippen molar-refractivity contribution in [3.05, 3.63) is 46.9 Å². The zero-order valence-corrected chi connectivity index (χ0v) is 10.9. The Bertz CT molecular complexity index is 916. The molecule has 0 aliphatic carbocycles. The van der Waals surface area contributed by atoms with Gasteiger partial charge in [-0.25, -0.2) is 9.78 Å². The van der Waals surface area contributed by atoms with Gasteiger partial charge in [0.25, 0.3) is 5.56 Å². The van der Waals surface area contributed by atoms with Crippen LogP contribution in [0.4, 0.5) is 4.79 Å². The van der Waals surface area contributed by atoms with Crippen molar-refractivity contribution in [1.29, 1.82) is 0 Å². The SMILES string of the molecule is COc1ccc2nc3ccc(OC(=O)O)cn3c(=O)c2c1. The summed E-state index contributed by atoms with van der Waals surface area (Å²) in [5, 5.41) is 8.98. The van der Waals surface area contributed by atoms with Gasteiger partial charge in [0, 0.05) is 0 Å². The second-order valence-corrected chi connectivity index (χ2v) is 4.26. The largest absolute Gasteiger partial charge is 0.511 e. The van der Waals surface area contributed by atoms with E-state index in [0.717, 1.165) is 0 Å². The fourth-order valence-corrected chi connectivity index (χ4v) is 2.05. The van der Waals surface area contributed by atoms with Gasteiger partial charge in [-0.2, -0.15) is 0 Å². The molecule has 2 heterocycles. The van der Waals surface area contributed by atoms with Crippen molar-refractivity contribution >= 4 is 22.7 Å². The molecule has 0 radical (unpaired) electrons. The minimum atomic E-state index is -1.45. The molecule has 0 aliphatic rings. The Morgan fingerprint density at radius 3 is 2.71 bits per heavy atom. The van der Waals surface area contributed by atoms with Crippen LogP contribution >= 0.6 is 0 Å². The summed E-state index contributed by atoms with van der Waals surface area (Å²) in [6, 6.07) is 7.95. The number of methoxy groups -OCH3 is 1. The van der Waals surface area contributed by atoms with Gasteiger partial charge in [0.05, 0.1) is 24.2 Å². The highest BCUT2D eigenvalue weighted by Crippen LogP contribution is 2.18. The lowest BCUT2D eigenvalue weighted by atomic mass is 10.2. The van der Waals surface area contributed by atoms with Crippen molar-refractivity contribution in [2.24, 2.45) is 0 Å². The minimum absolute atomic E-state index is 0.0427. The van der Waals surface area contributed by atoms with Crippen LogP contribution in [0, 0.1) is 0 Å². The third kappa shape index (κ3) is 2.25. The van der Waals surface area contributed by atoms with Crippen molar-refractivity contribution in [3.63, 3.8) is 0 Å². The molecule has 0 fully saturated rings. The molecule has 0 saturated carbocycles. The molecular weight excluding hydrogens is 276 g/mol. The zero-order chi connectivity index (χ0) is 15.0. The number of rotatable bonds is 2. The number of pyridine rings is 1. The maximum absolute atomic E-state index is 12.5. The number of carbonyl (C=O) groups is 1. The van der Waals surface area contributed by atoms with E-state index in [4.69, 9.17) is 9.84 Å². The second-order valence-electron chi connectivity index (χ2n) is 4.26. The van der Waals surface area contributed by atoms with Crippen LogP contribution in [0.5, 0.6) is 11.5 Å². The number of hydrogen-bond acceptors (Lipinski definition) is 5. The quantitative estimate of drug-likeness (QED) is 0.571. The normalized spacial score (nSPS) is 10.7. The fourth-order valence-electron chi connectivity index (χ4n) is 2.05. The molecular formula is C14H10N2O5. The Kier molecular flexibility index (Phi) is 2.94. The molecule has 0 amide bonds. The molecule has 7 nitrogen and oxygen atoms in total. The van der Waals surface area contributed by atoms with E-state index in [-0.39, 0.29) is 11.3 Å². The van der Waals surface area contributed by atoms with E-state index in [0.29, 0.717) is 22.3 Å². The molecule has 106 valence electrons. The van der Waals surface area contributed by atoms with Crippen LogP contribution in [0.3, 0.4) is 0 Å². The van der Waals surface area contributed by atoms with Gasteiger partial charge >= 0.3 is 6.16 Å². The van der Waals surface area contributed by atoms with E-state index < -0.39 is 6.16 Å². The van der Waals surface area contributed by atoms with Crippen molar-refractivity contribution in [2.75, 3.05) is 7.11 Å². The van der Waals surface area contributed by atoms with Gasteiger partial charge in [-0.05, 0) is 30.3 Å². The fraction of sp³-hybridized carbons (Fsp3) is 0.0714. The van der Waals surface area contributed by atoms with Crippen molar-refractivity contribution in [1.82, 2.24) is 9.38 Å². The molecule has 0 saturated heterocycles. The number of ether oxygens (including phenoxy) is 2. The van der Waals surface area contributed by atoms with Gasteiger partial charge in [0.1, 0.15) is 11.4 Å². The lowest BCUT2D eigenvalue weighted by Crippen LogP contribution is -2.16. The van der Waals surface area contributed by atoms with Crippen LogP contribution in [-0.2, 0) is 0 Å². The van der Waals surface area contributed by atoms with Gasteiger partial charge in [-0.1, -0.05) is 0 Å². The summed E-state index contributed by atoms with van der Waals surface area (Å²) in [4.78, 5) is 27.3. The van der Waals surface area contributed by atoms with Crippen LogP contribution in [0.25, 0.3) is 16.6 Å². The first-order valence-corrected chi connectivity index (χ1v) is 5.99. The smallest absolute Gasteiger partial charge is 0.497 e. The van der Waals surface area contributed by atoms with E-state index in [9.17, 15) is 9.59 Å². The number of benzene rings is 1. The molecule has 1 aromatic carbocycles. The third-order valence-corrected chi connectivity index (χ3v) is 2.99. The average Bonchev–Trinajstić information content (AvgIpc) is 2.47. The molecule has 1 N–H and O–H groups in total. The Hall–Kier alpha value is -3.09. The Morgan fingerprint density at radius 2 is 2.00 bits per heavy atom. The van der Waals surface area contributed by atoms with Crippen molar-refractivity contribution in [2.45, 2.75) is 0 Å². The van der Waals surface area contributed by atoms with E-state index >= 15 is 0 Å². The molecule has 0 spiro atoms. The maximum atomic E-state index is 12.5. The van der Waals surface area contributed by atoms with Crippen molar-refractivity contribution in [3.8, 4) is 11.5 Å². The number of carboxylic acid groups (broad SMARTS) is 1. The average molecular weight is 286 g/mol. The van der Waals surface area contributed by atoms with Gasteiger partial charge in [0.15, 0.2) is 5.75 Å². The molecule has 3 aromatic rings. The lowest BCUT2D eigenvalue weighted by Gasteiger charge is -2.06. The summed E-state index contributed by atoms with van der Waals surface area (Å²) in [6.07, 6.45) is -0.157. The highest BCUT2D eigenvalue weighted by atomic mass is 16.7. The van der Waals surface area contributed by atoms with Crippen LogP contribution < -0.4 is 15.0 Å². The van der Waals surface area contributed by atoms with Crippen LogP contribution in [-0.4, -0.2) is 27.8 Å². The van der Waals surface area contributed by atoms with E-state index in [1.165, 1.54) is 29.8 Å². The Morgan fingerprint density at radius 1 is 1.24 bits per heavy atom. The van der Waals surface area contributed by atoms with Crippen molar-refractivity contribution < 1.29 is 19.4 Å². The molecule has 0 bridgehead atoms. The molecule has 0 aliphatic heterocycles. The second kappa shape index (κ2) is 4.78. The molecule has 21 heavy (non-hydrogen) atoms. The highest BCUT2D eigenvalue weighted by Gasteiger charge is 2.09. The molecule has 3 rings (SSSR count). The standard InChI is InChI=1S/C14H10N2O5/c1-20-8-2-4-11-10(6-8)13(17)16-7-9(21-14(18)19)3-5-12(16)15-11/h2-7H,1H3,(H,18,19). The van der Waals surface area contributed by atoms with Crippen LogP contribution in [0.15, 0.2) is 41.3 Å². The Labute approximate surface area is 118 Å². The van der Waals surface area contributed by atoms with Crippen LogP contribution in [0.1, 0.15) is 0 Å². The first-order chi connectivity index (χ1) is 10.1. The first-order valence-electron chi connectivity index (χ1n) is 5.99. The number of aromatic nitrogens is 2. The zero-order valence-electron chi connectivity index (χ0n) is 10.9. The molecule has 0 unspecified atom stereocenters. The summed E-state index contributed by atoms with van der Waals surface area (Å²) in [5.74, 6) is 0.584. The summed E-state index contributed by atoms with van der Waals surface area (Å²) < 4.78 is 10.9. The van der Waals surface area contributed by atoms with Crippen LogP contribution in [0.2, 0.25) is 0 Å². The molecule has 7 heteroatoms. The van der Waals surface area contributed by atoms with E-state index in [1.807, 2.05) is 0 Å². The van der Waals surface area contributed by atoms with Gasteiger partial charge in [-0.3, -0.25) is 9.20 Å². The number of fused-ring (bicyclic) bond motifs is 2. The predicted molar refractivity (Wildman–Crippen MR) is 74.2 cm³/mol. The maximum Gasteiger partial charge on any atom is 0.511 e. The van der Waals surface area contributed by atoms with E-state index in [1.54, 1.807) is 18.2 Å². The first kappa shape index (κ1) is 12.9. The lowest BCUT2D eigenvalue weighted by molar-refractivity contribution is 0.144. The third-order valence-electron chi connectivity index (χ3n) is 2.99. The molecule has 2 aromatic heterocycles. The topological polar surface area (TPSA) is 90.1 Å². The summed E-state index contributed by atoms with van der Waals surface area (Å²) in [6.45, 7) is 0. The monoisotopic (exact) mass is 286 g/mol. The Balaban J connectivity index is 2.30. The summed E-state index contributed by atoms with van der Waals surface area (Å²) >= 11 is 0. The minimum Gasteiger partial charge on any atom is -0.497 e. The summed E-state index contributed by atoms with van der Waals surface area (Å²) in [5.41, 5.74) is 0.604.